The van der Waals surface area contributed by atoms with Gasteiger partial charge in [0.05, 0.1) is 0 Å². The van der Waals surface area contributed by atoms with Crippen molar-refractivity contribution in [3.63, 3.8) is 0 Å². The fourth-order valence-corrected chi connectivity index (χ4v) is 1.75. The Bertz CT molecular complexity index is 591. The van der Waals surface area contributed by atoms with E-state index in [1.165, 1.54) is 6.92 Å². The van der Waals surface area contributed by atoms with Crippen molar-refractivity contribution in [2.75, 3.05) is 5.73 Å². The van der Waals surface area contributed by atoms with Crippen LogP contribution in [0.3, 0.4) is 0 Å². The smallest absolute Gasteiger partial charge is 0.359 e. The number of carbonyl (C=O) groups excluding carboxylic acids is 3. The third kappa shape index (κ3) is 2.85. The van der Waals surface area contributed by atoms with Gasteiger partial charge in [-0.05, 0) is 24.6 Å². The molecular weight excluding hydrogens is 260 g/mol. The monoisotopic (exact) mass is 274 g/mol. The molecule has 0 saturated carbocycles. The first-order chi connectivity index (χ1) is 9.49. The molecular formula is C14H14N2O4. The number of nitrogens with two attached hydrogens (primary N) is 1. The molecule has 20 heavy (non-hydrogen) atoms. The van der Waals surface area contributed by atoms with Gasteiger partial charge in [-0.1, -0.05) is 18.2 Å². The summed E-state index contributed by atoms with van der Waals surface area (Å²) in [5.41, 5.74) is 7.20. The van der Waals surface area contributed by atoms with E-state index in [2.05, 4.69) is 0 Å². The topological polar surface area (TPSA) is 89.7 Å². The van der Waals surface area contributed by atoms with Crippen molar-refractivity contribution in [3.05, 3.63) is 35.4 Å². The Hall–Kier alpha value is -2.63. The number of para-hydroxylation sites is 1. The van der Waals surface area contributed by atoms with Gasteiger partial charge in [-0.3, -0.25) is 9.59 Å². The lowest BCUT2D eigenvalue weighted by atomic mass is 10.1. The van der Waals surface area contributed by atoms with Crippen molar-refractivity contribution in [1.29, 1.82) is 0 Å². The van der Waals surface area contributed by atoms with Crippen LogP contribution in [0.1, 0.15) is 25.3 Å². The summed E-state index contributed by atoms with van der Waals surface area (Å²) in [4.78, 5) is 39.3. The summed E-state index contributed by atoms with van der Waals surface area (Å²) in [7, 11) is 0. The second-order valence-corrected chi connectivity index (χ2v) is 4.42. The molecule has 1 aromatic rings. The number of nitrogens with zero attached hydrogens (tertiary/aromatic N) is 1. The number of imide groups is 1. The number of hydrogen-bond donors (Lipinski definition) is 1. The summed E-state index contributed by atoms with van der Waals surface area (Å²) in [5.74, 6) is -1.76. The van der Waals surface area contributed by atoms with Crippen LogP contribution in [0.15, 0.2) is 29.8 Å². The Morgan fingerprint density at radius 1 is 1.25 bits per heavy atom. The average molecular weight is 274 g/mol. The fraction of sp³-hybridized carbons (Fsp3) is 0.214. The third-order valence-corrected chi connectivity index (χ3v) is 2.87. The molecule has 1 aliphatic heterocycles. The second kappa shape index (κ2) is 5.56. The zero-order valence-corrected chi connectivity index (χ0v) is 11.0. The van der Waals surface area contributed by atoms with Gasteiger partial charge in [-0.15, -0.1) is 5.06 Å². The Labute approximate surface area is 115 Å². The Morgan fingerprint density at radius 2 is 1.85 bits per heavy atom. The number of nitrogen functional groups attached to an aromatic ring is 1. The number of carbonyl (C=O) groups is 3. The minimum atomic E-state index is -0.753. The Morgan fingerprint density at radius 3 is 2.45 bits per heavy atom. The lowest BCUT2D eigenvalue weighted by Gasteiger charge is -2.12. The molecule has 104 valence electrons. The molecule has 6 heteroatoms. The lowest BCUT2D eigenvalue weighted by Crippen LogP contribution is -2.32. The first-order valence-electron chi connectivity index (χ1n) is 6.10. The molecule has 1 aliphatic rings. The van der Waals surface area contributed by atoms with Crippen molar-refractivity contribution in [1.82, 2.24) is 5.06 Å². The molecule has 1 aromatic carbocycles. The molecule has 0 unspecified atom stereocenters. The lowest BCUT2D eigenvalue weighted by molar-refractivity contribution is -0.194. The van der Waals surface area contributed by atoms with Gasteiger partial charge in [0, 0.05) is 24.1 Å². The minimum absolute atomic E-state index is 0.0699. The predicted octanol–water partition coefficient (Wildman–Crippen LogP) is 1.28. The van der Waals surface area contributed by atoms with E-state index in [0.29, 0.717) is 16.3 Å². The van der Waals surface area contributed by atoms with E-state index >= 15 is 0 Å². The van der Waals surface area contributed by atoms with Crippen LogP contribution in [0.4, 0.5) is 5.69 Å². The molecule has 1 heterocycles. The van der Waals surface area contributed by atoms with Crippen LogP contribution in [0, 0.1) is 0 Å². The number of hydrogen-bond acceptors (Lipinski definition) is 5. The van der Waals surface area contributed by atoms with Gasteiger partial charge in [0.25, 0.3) is 11.8 Å². The van der Waals surface area contributed by atoms with Gasteiger partial charge in [0.2, 0.25) is 0 Å². The highest BCUT2D eigenvalue weighted by Gasteiger charge is 2.33. The normalized spacial score (nSPS) is 15.7. The van der Waals surface area contributed by atoms with E-state index in [9.17, 15) is 14.4 Å². The van der Waals surface area contributed by atoms with Crippen LogP contribution in [0.2, 0.25) is 0 Å². The maximum absolute atomic E-state index is 11.8. The summed E-state index contributed by atoms with van der Waals surface area (Å²) in [6.07, 6.45) is 1.68. The summed E-state index contributed by atoms with van der Waals surface area (Å²) in [5, 5.41) is 0.522. The van der Waals surface area contributed by atoms with Gasteiger partial charge >= 0.3 is 5.97 Å². The number of hydroxylamine groups is 2. The summed E-state index contributed by atoms with van der Waals surface area (Å²) < 4.78 is 0. The van der Waals surface area contributed by atoms with Crippen molar-refractivity contribution in [2.45, 2.75) is 19.8 Å². The van der Waals surface area contributed by atoms with E-state index < -0.39 is 17.8 Å². The van der Waals surface area contributed by atoms with Gasteiger partial charge < -0.3 is 10.6 Å². The van der Waals surface area contributed by atoms with Gasteiger partial charge in [-0.25, -0.2) is 4.79 Å². The van der Waals surface area contributed by atoms with Gasteiger partial charge in [0.1, 0.15) is 0 Å². The molecule has 0 bridgehead atoms. The second-order valence-electron chi connectivity index (χ2n) is 4.42. The highest BCUT2D eigenvalue weighted by atomic mass is 16.7. The van der Waals surface area contributed by atoms with Crippen LogP contribution < -0.4 is 5.73 Å². The van der Waals surface area contributed by atoms with Crippen LogP contribution in [-0.4, -0.2) is 22.8 Å². The van der Waals surface area contributed by atoms with Crippen molar-refractivity contribution in [3.8, 4) is 0 Å². The summed E-state index contributed by atoms with van der Waals surface area (Å²) in [6.45, 7) is 1.53. The molecule has 2 rings (SSSR count). The molecule has 1 fully saturated rings. The SMILES string of the molecule is C/C(=C\c1ccccc1N)C(=O)ON1C(=O)CCC1=O. The zero-order valence-electron chi connectivity index (χ0n) is 11.0. The van der Waals surface area contributed by atoms with E-state index in [1.54, 1.807) is 30.3 Å². The Balaban J connectivity index is 2.11. The molecule has 1 saturated heterocycles. The van der Waals surface area contributed by atoms with E-state index in [1.807, 2.05) is 0 Å². The predicted molar refractivity (Wildman–Crippen MR) is 71.7 cm³/mol. The highest BCUT2D eigenvalue weighted by Crippen LogP contribution is 2.17. The van der Waals surface area contributed by atoms with Crippen LogP contribution in [0.5, 0.6) is 0 Å². The van der Waals surface area contributed by atoms with E-state index in [0.717, 1.165) is 0 Å². The van der Waals surface area contributed by atoms with Crippen LogP contribution >= 0.6 is 0 Å². The largest absolute Gasteiger partial charge is 0.398 e. The van der Waals surface area contributed by atoms with Crippen molar-refractivity contribution in [2.24, 2.45) is 0 Å². The first-order valence-corrected chi connectivity index (χ1v) is 6.10. The molecule has 2 amide bonds. The Kier molecular flexibility index (Phi) is 3.84. The van der Waals surface area contributed by atoms with Crippen LogP contribution in [-0.2, 0) is 19.2 Å². The van der Waals surface area contributed by atoms with E-state index in [4.69, 9.17) is 10.6 Å². The minimum Gasteiger partial charge on any atom is -0.398 e. The molecule has 2 N–H and O–H groups in total. The van der Waals surface area contributed by atoms with Crippen molar-refractivity contribution >= 4 is 29.5 Å². The molecule has 0 aliphatic carbocycles. The zero-order chi connectivity index (χ0) is 14.7. The number of rotatable bonds is 3. The van der Waals surface area contributed by atoms with Gasteiger partial charge in [0.15, 0.2) is 0 Å². The molecule has 0 radical (unpaired) electrons. The summed E-state index contributed by atoms with van der Waals surface area (Å²) >= 11 is 0. The molecule has 0 atom stereocenters. The maximum Gasteiger partial charge on any atom is 0.359 e. The average Bonchev–Trinajstić information content (AvgIpc) is 2.73. The maximum atomic E-state index is 11.8. The molecule has 6 nitrogen and oxygen atoms in total. The van der Waals surface area contributed by atoms with Crippen molar-refractivity contribution < 1.29 is 19.2 Å². The summed E-state index contributed by atoms with van der Waals surface area (Å²) in [6, 6.07) is 7.02. The number of benzene rings is 1. The number of amides is 2. The van der Waals surface area contributed by atoms with Gasteiger partial charge in [-0.2, -0.15) is 0 Å². The first kappa shape index (κ1) is 13.8. The quantitative estimate of drug-likeness (QED) is 0.509. The van der Waals surface area contributed by atoms with E-state index in [-0.39, 0.29) is 18.4 Å². The molecule has 0 aromatic heterocycles. The third-order valence-electron chi connectivity index (χ3n) is 2.87. The standard InChI is InChI=1S/C14H14N2O4/c1-9(8-10-4-2-3-5-11(10)15)14(19)20-16-12(17)6-7-13(16)18/h2-5,8H,6-7,15H2,1H3/b9-8+. The molecule has 0 spiro atoms. The fourth-order valence-electron chi connectivity index (χ4n) is 1.75. The van der Waals surface area contributed by atoms with Crippen LogP contribution in [0.25, 0.3) is 6.08 Å². The highest BCUT2D eigenvalue weighted by molar-refractivity contribution is 6.03. The number of anilines is 1.